The Hall–Kier alpha value is 0.300. The summed E-state index contributed by atoms with van der Waals surface area (Å²) in [6.45, 7) is 4.30. The molecule has 1 atom stereocenters. The van der Waals surface area contributed by atoms with Gasteiger partial charge in [-0.15, -0.1) is 0 Å². The number of unbranched alkanes of at least 4 members (excludes halogenated alkanes) is 9. The molecule has 0 amide bonds. The van der Waals surface area contributed by atoms with Gasteiger partial charge in [0.05, 0.1) is 19.8 Å². The van der Waals surface area contributed by atoms with Crippen LogP contribution in [-0.2, 0) is 29.1 Å². The van der Waals surface area contributed by atoms with Gasteiger partial charge in [0.15, 0.2) is 0 Å². The van der Waals surface area contributed by atoms with Crippen molar-refractivity contribution < 1.29 is 61.5 Å². The van der Waals surface area contributed by atoms with Crippen LogP contribution >= 0.6 is 0 Å². The molecule has 0 fully saturated rings. The minimum Gasteiger partial charge on any atom is -0.746 e. The summed E-state index contributed by atoms with van der Waals surface area (Å²) in [5, 5.41) is 0. The Morgan fingerprint density at radius 2 is 1.39 bits per heavy atom. The molecule has 0 aromatic heterocycles. The van der Waals surface area contributed by atoms with Crippen LogP contribution in [0.15, 0.2) is 0 Å². The number of ether oxygens (including phenoxy) is 3. The van der Waals surface area contributed by atoms with Gasteiger partial charge in [-0.2, -0.15) is 0 Å². The van der Waals surface area contributed by atoms with Crippen molar-refractivity contribution in [2.45, 2.75) is 90.6 Å². The predicted octanol–water partition coefficient (Wildman–Crippen LogP) is 0.769. The van der Waals surface area contributed by atoms with Gasteiger partial charge in [0.1, 0.15) is 22.2 Å². The van der Waals surface area contributed by atoms with Gasteiger partial charge in [0, 0.05) is 6.42 Å². The van der Waals surface area contributed by atoms with E-state index in [-0.39, 0.29) is 61.5 Å². The van der Waals surface area contributed by atoms with Gasteiger partial charge >= 0.3 is 35.5 Å². The maximum Gasteiger partial charge on any atom is 1.00 e. The number of carbonyl (C=O) groups is 1. The topological polar surface area (TPSA) is 102 Å². The summed E-state index contributed by atoms with van der Waals surface area (Å²) >= 11 is 0. The van der Waals surface area contributed by atoms with Crippen LogP contribution in [0.3, 0.4) is 0 Å². The average Bonchev–Trinajstić information content (AvgIpc) is 2.58. The van der Waals surface area contributed by atoms with E-state index in [9.17, 15) is 17.8 Å². The molecule has 0 aliphatic rings. The fourth-order valence-electron chi connectivity index (χ4n) is 2.60. The van der Waals surface area contributed by atoms with Gasteiger partial charge in [0.2, 0.25) is 0 Å². The van der Waals surface area contributed by atoms with Crippen LogP contribution in [0.1, 0.15) is 84.5 Å². The van der Waals surface area contributed by atoms with Crippen molar-refractivity contribution in [2.75, 3.05) is 25.8 Å². The van der Waals surface area contributed by atoms with Crippen LogP contribution in [0.4, 0.5) is 0 Å². The van der Waals surface area contributed by atoms with Crippen molar-refractivity contribution in [3.05, 3.63) is 0 Å². The zero-order chi connectivity index (χ0) is 20.4. The standard InChI is InChI=1S/C19H38O7S.Na/c1-3-4-5-6-7-8-9-10-11-12-13-19(20)26-18(2)16-24-14-15-25-17-27(21,22)23;/h18H,3-17H2,1-2H3,(H,21,22,23);/q;+1/p-1. The van der Waals surface area contributed by atoms with E-state index in [0.717, 1.165) is 12.8 Å². The van der Waals surface area contributed by atoms with Crippen molar-refractivity contribution in [3.8, 4) is 0 Å². The minimum atomic E-state index is -4.36. The smallest absolute Gasteiger partial charge is 0.746 e. The molecular weight excluding hydrogens is 395 g/mol. The summed E-state index contributed by atoms with van der Waals surface area (Å²) in [5.41, 5.74) is 0. The predicted molar refractivity (Wildman–Crippen MR) is 103 cm³/mol. The molecule has 0 radical (unpaired) electrons. The third-order valence-corrected chi connectivity index (χ3v) is 4.47. The Morgan fingerprint density at radius 3 is 1.93 bits per heavy atom. The zero-order valence-corrected chi connectivity index (χ0v) is 20.8. The molecular formula is C19H37NaO7S. The summed E-state index contributed by atoms with van der Waals surface area (Å²) in [4.78, 5) is 11.7. The molecule has 0 saturated heterocycles. The Bertz CT molecular complexity index is 457. The molecule has 0 heterocycles. The maximum absolute atomic E-state index is 11.7. The van der Waals surface area contributed by atoms with Gasteiger partial charge in [-0.25, -0.2) is 8.42 Å². The van der Waals surface area contributed by atoms with Crippen LogP contribution in [0.2, 0.25) is 0 Å². The second-order valence-electron chi connectivity index (χ2n) is 6.89. The van der Waals surface area contributed by atoms with Crippen LogP contribution < -0.4 is 29.6 Å². The molecule has 162 valence electrons. The monoisotopic (exact) mass is 432 g/mol. The number of esters is 1. The third kappa shape index (κ3) is 24.3. The minimum absolute atomic E-state index is 0. The quantitative estimate of drug-likeness (QED) is 0.129. The molecule has 0 aromatic carbocycles. The first-order valence-corrected chi connectivity index (χ1v) is 11.7. The van der Waals surface area contributed by atoms with E-state index in [4.69, 9.17) is 9.47 Å². The van der Waals surface area contributed by atoms with Gasteiger partial charge in [-0.3, -0.25) is 4.79 Å². The van der Waals surface area contributed by atoms with Gasteiger partial charge in [0.25, 0.3) is 0 Å². The van der Waals surface area contributed by atoms with E-state index in [1.165, 1.54) is 51.4 Å². The fraction of sp³-hybridized carbons (Fsp3) is 0.947. The van der Waals surface area contributed by atoms with Crippen molar-refractivity contribution in [1.82, 2.24) is 0 Å². The number of hydrogen-bond donors (Lipinski definition) is 0. The SMILES string of the molecule is CCCCCCCCCCCCC(=O)OC(C)COCCOCS(=O)(=O)[O-].[Na+]. The Kier molecular flexibility index (Phi) is 22.4. The molecule has 0 bridgehead atoms. The van der Waals surface area contributed by atoms with Crippen LogP contribution in [0, 0.1) is 0 Å². The molecule has 0 rings (SSSR count). The molecule has 28 heavy (non-hydrogen) atoms. The largest absolute Gasteiger partial charge is 1.00 e. The Labute approximate surface area is 193 Å². The summed E-state index contributed by atoms with van der Waals surface area (Å²) in [6.07, 6.45) is 12.3. The van der Waals surface area contributed by atoms with Gasteiger partial charge in [-0.05, 0) is 13.3 Å². The molecule has 0 saturated carbocycles. The normalized spacial score (nSPS) is 12.4. The summed E-state index contributed by atoms with van der Waals surface area (Å²) in [6, 6.07) is 0. The first-order chi connectivity index (χ1) is 12.8. The van der Waals surface area contributed by atoms with E-state index in [1.54, 1.807) is 6.92 Å². The van der Waals surface area contributed by atoms with Gasteiger partial charge < -0.3 is 18.8 Å². The van der Waals surface area contributed by atoms with Crippen molar-refractivity contribution in [3.63, 3.8) is 0 Å². The average molecular weight is 433 g/mol. The van der Waals surface area contributed by atoms with Crippen LogP contribution in [0.5, 0.6) is 0 Å². The molecule has 0 aliphatic carbocycles. The molecule has 7 nitrogen and oxygen atoms in total. The van der Waals surface area contributed by atoms with E-state index in [0.29, 0.717) is 6.42 Å². The van der Waals surface area contributed by atoms with E-state index < -0.39 is 16.1 Å². The first kappa shape index (κ1) is 30.5. The van der Waals surface area contributed by atoms with E-state index in [1.807, 2.05) is 0 Å². The van der Waals surface area contributed by atoms with Crippen molar-refractivity contribution in [1.29, 1.82) is 0 Å². The molecule has 0 aromatic rings. The number of rotatable bonds is 19. The first-order valence-electron chi connectivity index (χ1n) is 10.1. The molecule has 0 spiro atoms. The summed E-state index contributed by atoms with van der Waals surface area (Å²) in [7, 11) is -4.36. The van der Waals surface area contributed by atoms with Crippen molar-refractivity contribution in [2.24, 2.45) is 0 Å². The molecule has 9 heteroatoms. The summed E-state index contributed by atoms with van der Waals surface area (Å²) < 4.78 is 46.1. The van der Waals surface area contributed by atoms with Gasteiger partial charge in [-0.1, -0.05) is 64.7 Å². The van der Waals surface area contributed by atoms with E-state index >= 15 is 0 Å². The molecule has 0 N–H and O–H groups in total. The molecule has 1 unspecified atom stereocenters. The second-order valence-corrected chi connectivity index (χ2v) is 8.24. The Balaban J connectivity index is 0. The zero-order valence-electron chi connectivity index (χ0n) is 17.9. The fourth-order valence-corrected chi connectivity index (χ4v) is 2.92. The third-order valence-electron chi connectivity index (χ3n) is 4.02. The number of hydrogen-bond acceptors (Lipinski definition) is 7. The van der Waals surface area contributed by atoms with Crippen LogP contribution in [-0.4, -0.2) is 50.8 Å². The van der Waals surface area contributed by atoms with Crippen molar-refractivity contribution >= 4 is 16.1 Å². The van der Waals surface area contributed by atoms with Crippen LogP contribution in [0.25, 0.3) is 0 Å². The summed E-state index contributed by atoms with van der Waals surface area (Å²) in [5.74, 6) is -1.08. The maximum atomic E-state index is 11.7. The number of carbonyl (C=O) groups excluding carboxylic acids is 1. The Morgan fingerprint density at radius 1 is 0.893 bits per heavy atom. The second kappa shape index (κ2) is 20.6. The molecule has 0 aliphatic heterocycles. The van der Waals surface area contributed by atoms with E-state index in [2.05, 4.69) is 11.7 Å².